The lowest BCUT2D eigenvalue weighted by Gasteiger charge is -2.23. The average molecular weight is 380 g/mol. The molecule has 28 heavy (non-hydrogen) atoms. The van der Waals surface area contributed by atoms with Crippen molar-refractivity contribution >= 4 is 11.4 Å². The minimum absolute atomic E-state index is 0.305. The highest BCUT2D eigenvalue weighted by Crippen LogP contribution is 2.29. The van der Waals surface area contributed by atoms with Gasteiger partial charge in [0.1, 0.15) is 11.9 Å². The van der Waals surface area contributed by atoms with Gasteiger partial charge in [0, 0.05) is 17.8 Å². The number of aliphatic hydroxyl groups is 2. The van der Waals surface area contributed by atoms with E-state index >= 15 is 0 Å². The molecule has 0 saturated heterocycles. The normalized spacial score (nSPS) is 12.1. The minimum atomic E-state index is -1.02. The number of nitrogen functional groups attached to an aromatic ring is 2. The molecule has 3 aromatic rings. The van der Waals surface area contributed by atoms with Crippen LogP contribution >= 0.6 is 0 Å². The van der Waals surface area contributed by atoms with E-state index in [1.165, 1.54) is 0 Å². The number of benzene rings is 3. The van der Waals surface area contributed by atoms with Crippen molar-refractivity contribution in [2.24, 2.45) is 0 Å². The molecule has 0 fully saturated rings. The van der Waals surface area contributed by atoms with Gasteiger partial charge in [-0.2, -0.15) is 0 Å². The van der Waals surface area contributed by atoms with Crippen LogP contribution in [0.1, 0.15) is 22.8 Å². The van der Waals surface area contributed by atoms with Gasteiger partial charge >= 0.3 is 0 Å². The summed E-state index contributed by atoms with van der Waals surface area (Å²) in [5.41, 5.74) is 15.5. The molecule has 6 nitrogen and oxygen atoms in total. The number of aliphatic hydroxyl groups excluding tert-OH is 2. The summed E-state index contributed by atoms with van der Waals surface area (Å²) in [7, 11) is 0. The van der Waals surface area contributed by atoms with E-state index in [-0.39, 0.29) is 6.79 Å². The van der Waals surface area contributed by atoms with E-state index in [2.05, 4.69) is 0 Å². The van der Waals surface area contributed by atoms with Gasteiger partial charge in [-0.3, -0.25) is 0 Å². The second-order valence-electron chi connectivity index (χ2n) is 6.43. The first-order valence-electron chi connectivity index (χ1n) is 8.92. The molecule has 3 aromatic carbocycles. The lowest BCUT2D eigenvalue weighted by atomic mass is 10.0. The van der Waals surface area contributed by atoms with E-state index < -0.39 is 12.4 Å². The number of rotatable bonds is 8. The Morgan fingerprint density at radius 2 is 1.25 bits per heavy atom. The maximum atomic E-state index is 10.5. The van der Waals surface area contributed by atoms with Crippen molar-refractivity contribution in [3.8, 4) is 5.75 Å². The smallest absolute Gasteiger partial charge is 0.186 e. The molecule has 0 heterocycles. The van der Waals surface area contributed by atoms with Gasteiger partial charge in [0.05, 0.1) is 0 Å². The quantitative estimate of drug-likeness (QED) is 0.353. The fourth-order valence-electron chi connectivity index (χ4n) is 2.89. The highest BCUT2D eigenvalue weighted by atomic mass is 16.6. The van der Waals surface area contributed by atoms with Gasteiger partial charge in [0.15, 0.2) is 13.1 Å². The van der Waals surface area contributed by atoms with Crippen molar-refractivity contribution in [2.75, 3.05) is 18.3 Å². The Hall–Kier alpha value is -3.06. The van der Waals surface area contributed by atoms with Gasteiger partial charge in [0.25, 0.3) is 0 Å². The molecule has 0 bridgehead atoms. The Bertz CT molecular complexity index is 819. The summed E-state index contributed by atoms with van der Waals surface area (Å²) in [4.78, 5) is 0. The predicted octanol–water partition coefficient (Wildman–Crippen LogP) is 2.85. The largest absolute Gasteiger partial charge is 0.468 e. The van der Waals surface area contributed by atoms with Crippen molar-refractivity contribution in [3.63, 3.8) is 0 Å². The Labute approximate surface area is 164 Å². The van der Waals surface area contributed by atoms with Crippen LogP contribution in [-0.4, -0.2) is 23.3 Å². The Morgan fingerprint density at radius 1 is 0.750 bits per heavy atom. The molecule has 6 heteroatoms. The third kappa shape index (κ3) is 5.23. The van der Waals surface area contributed by atoms with E-state index in [4.69, 9.17) is 26.0 Å². The van der Waals surface area contributed by atoms with Gasteiger partial charge in [-0.05, 0) is 53.1 Å². The maximum Gasteiger partial charge on any atom is 0.186 e. The first kappa shape index (κ1) is 19.7. The molecular formula is C22H24N2O4. The van der Waals surface area contributed by atoms with Crippen LogP contribution in [0.5, 0.6) is 5.75 Å². The first-order valence-corrected chi connectivity index (χ1v) is 8.92. The van der Waals surface area contributed by atoms with Gasteiger partial charge in [-0.25, -0.2) is 0 Å². The van der Waals surface area contributed by atoms with Crippen LogP contribution in [0.3, 0.4) is 0 Å². The van der Waals surface area contributed by atoms with Gasteiger partial charge in [0.2, 0.25) is 0 Å². The number of anilines is 2. The van der Waals surface area contributed by atoms with Crippen LogP contribution in [0.2, 0.25) is 0 Å². The monoisotopic (exact) mass is 380 g/mol. The molecule has 0 radical (unpaired) electrons. The topological polar surface area (TPSA) is 111 Å². The van der Waals surface area contributed by atoms with Crippen LogP contribution in [0.25, 0.3) is 0 Å². The minimum Gasteiger partial charge on any atom is -0.468 e. The molecule has 3 rings (SSSR count). The lowest BCUT2D eigenvalue weighted by Crippen LogP contribution is -2.20. The highest BCUT2D eigenvalue weighted by Gasteiger charge is 2.19. The van der Waals surface area contributed by atoms with E-state index in [0.717, 1.165) is 16.7 Å². The molecule has 6 N–H and O–H groups in total. The molecule has 0 aliphatic rings. The molecule has 1 unspecified atom stereocenters. The van der Waals surface area contributed by atoms with Crippen molar-refractivity contribution in [2.45, 2.75) is 18.8 Å². The van der Waals surface area contributed by atoms with Gasteiger partial charge in [-0.15, -0.1) is 0 Å². The highest BCUT2D eigenvalue weighted by molar-refractivity contribution is 5.44. The summed E-state index contributed by atoms with van der Waals surface area (Å²) in [6, 6.07) is 21.8. The molecule has 146 valence electrons. The van der Waals surface area contributed by atoms with Gasteiger partial charge < -0.3 is 31.2 Å². The molecule has 0 aromatic heterocycles. The fourth-order valence-corrected chi connectivity index (χ4v) is 2.89. The molecule has 0 aliphatic heterocycles. The van der Waals surface area contributed by atoms with Crippen LogP contribution < -0.4 is 16.2 Å². The zero-order chi connectivity index (χ0) is 19.9. The molecule has 0 spiro atoms. The van der Waals surface area contributed by atoms with Crippen molar-refractivity contribution in [3.05, 3.63) is 89.5 Å². The second-order valence-corrected chi connectivity index (χ2v) is 6.43. The number of hydrogen-bond acceptors (Lipinski definition) is 6. The van der Waals surface area contributed by atoms with Crippen molar-refractivity contribution < 1.29 is 19.7 Å². The summed E-state index contributed by atoms with van der Waals surface area (Å²) in [6.07, 6.45) is -1.18. The summed E-state index contributed by atoms with van der Waals surface area (Å²) < 4.78 is 11.0. The molecule has 0 aliphatic carbocycles. The van der Waals surface area contributed by atoms with Crippen molar-refractivity contribution in [1.82, 2.24) is 0 Å². The van der Waals surface area contributed by atoms with Gasteiger partial charge in [-0.1, -0.05) is 36.4 Å². The second kappa shape index (κ2) is 9.23. The van der Waals surface area contributed by atoms with Crippen LogP contribution in [0.4, 0.5) is 11.4 Å². The van der Waals surface area contributed by atoms with E-state index in [9.17, 15) is 5.11 Å². The zero-order valence-electron chi connectivity index (χ0n) is 15.4. The third-order valence-corrected chi connectivity index (χ3v) is 4.34. The SMILES string of the molecule is Nc1ccc(C(OC(O)Cc2ccc(OCO)cc2)c2ccc(N)cc2)cc1. The van der Waals surface area contributed by atoms with Crippen LogP contribution in [-0.2, 0) is 11.2 Å². The third-order valence-electron chi connectivity index (χ3n) is 4.34. The number of nitrogens with two attached hydrogens (primary N) is 2. The summed E-state index contributed by atoms with van der Waals surface area (Å²) in [6.45, 7) is -0.379. The number of ether oxygens (including phenoxy) is 2. The van der Waals surface area contributed by atoms with Crippen molar-refractivity contribution in [1.29, 1.82) is 0 Å². The van der Waals surface area contributed by atoms with E-state index in [1.807, 2.05) is 36.4 Å². The first-order chi connectivity index (χ1) is 13.5. The molecule has 0 saturated carbocycles. The van der Waals surface area contributed by atoms with E-state index in [1.54, 1.807) is 36.4 Å². The molecule has 1 atom stereocenters. The summed E-state index contributed by atoms with van der Waals surface area (Å²) in [5.74, 6) is 0.559. The van der Waals surface area contributed by atoms with Crippen LogP contribution in [0, 0.1) is 0 Å². The molecular weight excluding hydrogens is 356 g/mol. The predicted molar refractivity (Wildman–Crippen MR) is 109 cm³/mol. The number of hydrogen-bond donors (Lipinski definition) is 4. The maximum absolute atomic E-state index is 10.5. The zero-order valence-corrected chi connectivity index (χ0v) is 15.4. The average Bonchev–Trinajstić information content (AvgIpc) is 2.69. The Balaban J connectivity index is 1.76. The molecule has 0 amide bonds. The fraction of sp³-hybridized carbons (Fsp3) is 0.182. The summed E-state index contributed by atoms with van der Waals surface area (Å²) >= 11 is 0. The Kier molecular flexibility index (Phi) is 6.49. The Morgan fingerprint density at radius 3 is 1.71 bits per heavy atom. The summed E-state index contributed by atoms with van der Waals surface area (Å²) in [5, 5.41) is 19.3. The van der Waals surface area contributed by atoms with Crippen LogP contribution in [0.15, 0.2) is 72.8 Å². The lowest BCUT2D eigenvalue weighted by molar-refractivity contribution is -0.124. The standard InChI is InChI=1S/C22H24N2O4/c23-18-7-3-16(4-8-18)22(17-5-9-19(24)10-6-17)28-21(26)13-15-1-11-20(12-2-15)27-14-25/h1-12,21-22,25-26H,13-14,23-24H2. The van der Waals surface area contributed by atoms with E-state index in [0.29, 0.717) is 23.5 Å².